The molecule has 170 valence electrons. The average Bonchev–Trinajstić information content (AvgIpc) is 2.71. The van der Waals surface area contributed by atoms with Crippen LogP contribution in [0.5, 0.6) is 11.5 Å². The highest BCUT2D eigenvalue weighted by Gasteiger charge is 2.24. The first-order chi connectivity index (χ1) is 14.0. The molecule has 0 unspecified atom stereocenters. The Hall–Kier alpha value is -2.05. The summed E-state index contributed by atoms with van der Waals surface area (Å²) >= 11 is 0. The third-order valence-electron chi connectivity index (χ3n) is 4.49. The van der Waals surface area contributed by atoms with Gasteiger partial charge in [0, 0.05) is 32.7 Å². The molecule has 1 aromatic rings. The number of carbonyl (C=O) groups is 1. The summed E-state index contributed by atoms with van der Waals surface area (Å²) < 4.78 is 39.7. The number of guanidine groups is 1. The highest BCUT2D eigenvalue weighted by atomic mass is 127. The molecular weight excluding hydrogens is 513 g/mol. The molecule has 11 heteroatoms. The fraction of sp³-hybridized carbons (Fsp3) is 0.579. The van der Waals surface area contributed by atoms with Gasteiger partial charge in [0.05, 0.1) is 13.7 Å². The molecule has 1 aliphatic rings. The minimum Gasteiger partial charge on any atom is -0.493 e. The smallest absolute Gasteiger partial charge is 0.409 e. The molecule has 1 fully saturated rings. The number of likely N-dealkylation sites (tertiary alicyclic amines) is 1. The van der Waals surface area contributed by atoms with E-state index in [1.165, 1.54) is 13.2 Å². The van der Waals surface area contributed by atoms with Gasteiger partial charge in [-0.25, -0.2) is 4.79 Å². The maximum absolute atomic E-state index is 12.6. The van der Waals surface area contributed by atoms with Crippen LogP contribution in [-0.2, 0) is 11.3 Å². The summed E-state index contributed by atoms with van der Waals surface area (Å²) in [5.74, 6) is 0.813. The molecule has 2 rings (SSSR count). The molecule has 1 heterocycles. The molecule has 2 N–H and O–H groups in total. The lowest BCUT2D eigenvalue weighted by atomic mass is 10.1. The summed E-state index contributed by atoms with van der Waals surface area (Å²) in [6.07, 6.45) is 1.26. The van der Waals surface area contributed by atoms with Gasteiger partial charge >= 0.3 is 12.7 Å². The maximum Gasteiger partial charge on any atom is 0.409 e. The zero-order chi connectivity index (χ0) is 21.2. The zero-order valence-corrected chi connectivity index (χ0v) is 19.7. The van der Waals surface area contributed by atoms with E-state index in [0.29, 0.717) is 32.2 Å². The SMILES string of the molecule is CCOC(=O)N1CCC(NC(=NC)NCc2ccc(OC)c(OC(F)F)c2)CC1.I. The van der Waals surface area contributed by atoms with Gasteiger partial charge in [0.25, 0.3) is 0 Å². The number of nitrogens with zero attached hydrogens (tertiary/aromatic N) is 2. The third-order valence-corrected chi connectivity index (χ3v) is 4.49. The fourth-order valence-corrected chi connectivity index (χ4v) is 3.01. The number of carbonyl (C=O) groups excluding carboxylic acids is 1. The molecule has 0 spiro atoms. The fourth-order valence-electron chi connectivity index (χ4n) is 3.01. The Balaban J connectivity index is 0.00000450. The molecule has 1 aliphatic heterocycles. The van der Waals surface area contributed by atoms with E-state index in [4.69, 9.17) is 9.47 Å². The van der Waals surface area contributed by atoms with Crippen molar-refractivity contribution >= 4 is 36.0 Å². The first-order valence-electron chi connectivity index (χ1n) is 9.47. The monoisotopic (exact) mass is 542 g/mol. The summed E-state index contributed by atoms with van der Waals surface area (Å²) in [6.45, 7) is 0.809. The topological polar surface area (TPSA) is 84.4 Å². The summed E-state index contributed by atoms with van der Waals surface area (Å²) in [5.41, 5.74) is 0.738. The minimum atomic E-state index is -2.93. The lowest BCUT2D eigenvalue weighted by Gasteiger charge is -2.32. The molecule has 8 nitrogen and oxygen atoms in total. The largest absolute Gasteiger partial charge is 0.493 e. The Morgan fingerprint density at radius 3 is 2.57 bits per heavy atom. The zero-order valence-electron chi connectivity index (χ0n) is 17.3. The predicted molar refractivity (Wildman–Crippen MR) is 120 cm³/mol. The average molecular weight is 542 g/mol. The van der Waals surface area contributed by atoms with Crippen molar-refractivity contribution in [3.05, 3.63) is 23.8 Å². The summed E-state index contributed by atoms with van der Waals surface area (Å²) in [5, 5.41) is 6.48. The van der Waals surface area contributed by atoms with E-state index in [1.807, 2.05) is 0 Å². The third kappa shape index (κ3) is 8.00. The number of methoxy groups -OCH3 is 1. The van der Waals surface area contributed by atoms with Crippen LogP contribution in [0.25, 0.3) is 0 Å². The van der Waals surface area contributed by atoms with Crippen LogP contribution in [0.15, 0.2) is 23.2 Å². The van der Waals surface area contributed by atoms with Crippen LogP contribution in [0.4, 0.5) is 13.6 Å². The molecule has 0 saturated carbocycles. The number of alkyl halides is 2. The van der Waals surface area contributed by atoms with E-state index < -0.39 is 6.61 Å². The van der Waals surface area contributed by atoms with E-state index in [1.54, 1.807) is 31.0 Å². The van der Waals surface area contributed by atoms with Gasteiger partial charge in [-0.1, -0.05) is 6.07 Å². The number of hydrogen-bond acceptors (Lipinski definition) is 5. The second kappa shape index (κ2) is 13.3. The number of benzene rings is 1. The highest BCUT2D eigenvalue weighted by molar-refractivity contribution is 14.0. The molecule has 0 bridgehead atoms. The van der Waals surface area contributed by atoms with Crippen molar-refractivity contribution in [3.63, 3.8) is 0 Å². The van der Waals surface area contributed by atoms with E-state index in [2.05, 4.69) is 20.4 Å². The van der Waals surface area contributed by atoms with Crippen molar-refractivity contribution in [3.8, 4) is 11.5 Å². The van der Waals surface area contributed by atoms with E-state index in [9.17, 15) is 13.6 Å². The van der Waals surface area contributed by atoms with Crippen molar-refractivity contribution in [1.29, 1.82) is 0 Å². The van der Waals surface area contributed by atoms with Crippen LogP contribution in [0.1, 0.15) is 25.3 Å². The number of amides is 1. The molecule has 1 amide bonds. The van der Waals surface area contributed by atoms with Crippen LogP contribution < -0.4 is 20.1 Å². The Morgan fingerprint density at radius 1 is 1.30 bits per heavy atom. The van der Waals surface area contributed by atoms with Crippen LogP contribution >= 0.6 is 24.0 Å². The first-order valence-corrected chi connectivity index (χ1v) is 9.47. The number of ether oxygens (including phenoxy) is 3. The van der Waals surface area contributed by atoms with Gasteiger partial charge in [-0.2, -0.15) is 8.78 Å². The second-order valence-electron chi connectivity index (χ2n) is 6.39. The number of aliphatic imine (C=N–C) groups is 1. The molecule has 1 saturated heterocycles. The first kappa shape index (κ1) is 26.0. The normalized spacial score (nSPS) is 14.7. The molecular formula is C19H29F2IN4O4. The lowest BCUT2D eigenvalue weighted by Crippen LogP contribution is -2.49. The Morgan fingerprint density at radius 2 is 2.00 bits per heavy atom. The molecule has 0 atom stereocenters. The predicted octanol–water partition coefficient (Wildman–Crippen LogP) is 3.20. The van der Waals surface area contributed by atoms with Crippen LogP contribution in [0.3, 0.4) is 0 Å². The standard InChI is InChI=1S/C19H28F2N4O4.HI/c1-4-28-19(26)25-9-7-14(8-10-25)24-18(22-2)23-12-13-5-6-15(27-3)16(11-13)29-17(20)21;/h5-6,11,14,17H,4,7-10,12H2,1-3H3,(H2,22,23,24);1H. The van der Waals surface area contributed by atoms with Gasteiger partial charge in [0.15, 0.2) is 17.5 Å². The Labute approximate surface area is 192 Å². The van der Waals surface area contributed by atoms with Crippen molar-refractivity contribution < 1.29 is 27.8 Å². The van der Waals surface area contributed by atoms with Gasteiger partial charge in [-0.05, 0) is 37.5 Å². The second-order valence-corrected chi connectivity index (χ2v) is 6.39. The number of halogens is 3. The molecule has 0 aromatic heterocycles. The van der Waals surface area contributed by atoms with Crippen molar-refractivity contribution in [2.45, 2.75) is 39.0 Å². The summed E-state index contributed by atoms with van der Waals surface area (Å²) in [6, 6.07) is 5.01. The van der Waals surface area contributed by atoms with E-state index in [-0.39, 0.29) is 47.6 Å². The van der Waals surface area contributed by atoms with Crippen LogP contribution in [0, 0.1) is 0 Å². The maximum atomic E-state index is 12.6. The summed E-state index contributed by atoms with van der Waals surface area (Å²) in [4.78, 5) is 17.7. The van der Waals surface area contributed by atoms with Gasteiger partial charge < -0.3 is 29.7 Å². The van der Waals surface area contributed by atoms with Gasteiger partial charge in [0.2, 0.25) is 0 Å². The minimum absolute atomic E-state index is 0. The highest BCUT2D eigenvalue weighted by Crippen LogP contribution is 2.29. The number of hydrogen-bond donors (Lipinski definition) is 2. The molecule has 0 radical (unpaired) electrons. The quantitative estimate of drug-likeness (QED) is 0.313. The lowest BCUT2D eigenvalue weighted by molar-refractivity contribution is -0.0512. The molecule has 1 aromatic carbocycles. The summed E-state index contributed by atoms with van der Waals surface area (Å²) in [7, 11) is 3.05. The van der Waals surface area contributed by atoms with Crippen molar-refractivity contribution in [1.82, 2.24) is 15.5 Å². The van der Waals surface area contributed by atoms with Crippen LogP contribution in [0.2, 0.25) is 0 Å². The van der Waals surface area contributed by atoms with Gasteiger partial charge in [-0.15, -0.1) is 24.0 Å². The Kier molecular flexibility index (Phi) is 11.5. The van der Waals surface area contributed by atoms with Gasteiger partial charge in [-0.3, -0.25) is 4.99 Å². The van der Waals surface area contributed by atoms with Gasteiger partial charge in [0.1, 0.15) is 0 Å². The number of piperidine rings is 1. The molecule has 0 aliphatic carbocycles. The van der Waals surface area contributed by atoms with Crippen molar-refractivity contribution in [2.75, 3.05) is 33.9 Å². The Bertz CT molecular complexity index is 701. The molecule has 30 heavy (non-hydrogen) atoms. The number of rotatable bonds is 7. The number of nitrogens with one attached hydrogen (secondary N) is 2. The van der Waals surface area contributed by atoms with E-state index in [0.717, 1.165) is 18.4 Å². The van der Waals surface area contributed by atoms with Crippen LogP contribution in [-0.4, -0.2) is 63.5 Å². The van der Waals surface area contributed by atoms with Crippen molar-refractivity contribution in [2.24, 2.45) is 4.99 Å². The van der Waals surface area contributed by atoms with E-state index >= 15 is 0 Å².